The van der Waals surface area contributed by atoms with Gasteiger partial charge in [0.2, 0.25) is 0 Å². The number of aryl methyl sites for hydroxylation is 1. The van der Waals surface area contributed by atoms with E-state index in [2.05, 4.69) is 28.7 Å². The maximum absolute atomic E-state index is 6.00. The molecule has 0 saturated heterocycles. The van der Waals surface area contributed by atoms with Crippen LogP contribution in [-0.2, 0) is 12.8 Å². The molecule has 1 aromatic carbocycles. The molecule has 0 radical (unpaired) electrons. The van der Waals surface area contributed by atoms with E-state index in [-0.39, 0.29) is 6.10 Å². The number of fused-ring (bicyclic) bond motifs is 1. The van der Waals surface area contributed by atoms with Crippen LogP contribution in [0.3, 0.4) is 0 Å². The maximum Gasteiger partial charge on any atom is 0.136 e. The van der Waals surface area contributed by atoms with Crippen molar-refractivity contribution in [3.63, 3.8) is 0 Å². The van der Waals surface area contributed by atoms with E-state index in [1.165, 1.54) is 5.56 Å². The molecule has 0 spiro atoms. The van der Waals surface area contributed by atoms with Crippen molar-refractivity contribution in [2.45, 2.75) is 30.3 Å². The normalized spacial score (nSPS) is 18.5. The quantitative estimate of drug-likeness (QED) is 0.799. The van der Waals surface area contributed by atoms with Crippen LogP contribution in [0.5, 0.6) is 5.75 Å². The van der Waals surface area contributed by atoms with Crippen LogP contribution in [0, 0.1) is 0 Å². The van der Waals surface area contributed by atoms with E-state index in [0.717, 1.165) is 35.7 Å². The molecule has 1 unspecified atom stereocenters. The van der Waals surface area contributed by atoms with E-state index in [1.54, 1.807) is 6.20 Å². The Morgan fingerprint density at radius 3 is 3.24 bits per heavy atom. The van der Waals surface area contributed by atoms with Crippen LogP contribution in [0.4, 0.5) is 0 Å². The summed E-state index contributed by atoms with van der Waals surface area (Å²) in [5, 5.41) is 0. The molecular weight excluding hydrogens is 232 g/mol. The summed E-state index contributed by atoms with van der Waals surface area (Å²) in [5.41, 5.74) is 1.26. The van der Waals surface area contributed by atoms with Gasteiger partial charge in [0.05, 0.1) is 0 Å². The highest BCUT2D eigenvalue weighted by atomic mass is 32.1. The fraction of sp³-hybridized carbons (Fsp3) is 0.308. The Bertz CT molecular complexity index is 510. The van der Waals surface area contributed by atoms with Gasteiger partial charge < -0.3 is 9.72 Å². The van der Waals surface area contributed by atoms with Crippen LogP contribution >= 0.6 is 12.6 Å². The molecule has 0 bridgehead atoms. The van der Waals surface area contributed by atoms with Gasteiger partial charge in [0, 0.05) is 23.7 Å². The minimum Gasteiger partial charge on any atom is -0.488 e. The van der Waals surface area contributed by atoms with E-state index < -0.39 is 0 Å². The summed E-state index contributed by atoms with van der Waals surface area (Å²) < 4.78 is 6.00. The summed E-state index contributed by atoms with van der Waals surface area (Å²) in [6.07, 6.45) is 6.72. The second-order valence-electron chi connectivity index (χ2n) is 4.28. The zero-order chi connectivity index (χ0) is 11.7. The fourth-order valence-electron chi connectivity index (χ4n) is 2.22. The first-order valence-electron chi connectivity index (χ1n) is 5.78. The molecular formula is C13H14N2OS. The SMILES string of the molecule is Sc1cccc2c1OC(Cc1ncc[nH]1)CC2. The van der Waals surface area contributed by atoms with Crippen molar-refractivity contribution in [2.24, 2.45) is 0 Å². The van der Waals surface area contributed by atoms with Gasteiger partial charge in [-0.2, -0.15) is 0 Å². The van der Waals surface area contributed by atoms with Gasteiger partial charge in [-0.05, 0) is 24.5 Å². The molecule has 0 aliphatic carbocycles. The standard InChI is InChI=1S/C13H14N2OS/c17-11-3-1-2-9-4-5-10(16-13(9)11)8-12-14-6-7-15-12/h1-3,6-7,10,17H,4-5,8H2,(H,14,15). The smallest absolute Gasteiger partial charge is 0.136 e. The number of ether oxygens (including phenoxy) is 1. The summed E-state index contributed by atoms with van der Waals surface area (Å²) in [6.45, 7) is 0. The highest BCUT2D eigenvalue weighted by molar-refractivity contribution is 7.80. The molecule has 88 valence electrons. The molecule has 2 heterocycles. The van der Waals surface area contributed by atoms with Gasteiger partial charge in [0.25, 0.3) is 0 Å². The Kier molecular flexibility index (Phi) is 2.81. The number of rotatable bonds is 2. The summed E-state index contributed by atoms with van der Waals surface area (Å²) in [4.78, 5) is 8.27. The van der Waals surface area contributed by atoms with Gasteiger partial charge in [-0.3, -0.25) is 0 Å². The number of hydrogen-bond acceptors (Lipinski definition) is 3. The predicted octanol–water partition coefficient (Wildman–Crippen LogP) is 2.63. The van der Waals surface area contributed by atoms with Crippen molar-refractivity contribution in [3.8, 4) is 5.75 Å². The zero-order valence-corrected chi connectivity index (χ0v) is 10.3. The second-order valence-corrected chi connectivity index (χ2v) is 4.77. The topological polar surface area (TPSA) is 37.9 Å². The van der Waals surface area contributed by atoms with Gasteiger partial charge in [-0.25, -0.2) is 4.98 Å². The number of nitrogens with zero attached hydrogens (tertiary/aromatic N) is 1. The van der Waals surface area contributed by atoms with Crippen LogP contribution in [0.2, 0.25) is 0 Å². The number of aromatic nitrogens is 2. The Labute approximate surface area is 106 Å². The van der Waals surface area contributed by atoms with Gasteiger partial charge in [-0.15, -0.1) is 12.6 Å². The number of hydrogen-bond donors (Lipinski definition) is 2. The lowest BCUT2D eigenvalue weighted by atomic mass is 10.0. The Balaban J connectivity index is 1.78. The lowest BCUT2D eigenvalue weighted by molar-refractivity contribution is 0.167. The van der Waals surface area contributed by atoms with Crippen molar-refractivity contribution in [1.82, 2.24) is 9.97 Å². The number of para-hydroxylation sites is 1. The first-order valence-corrected chi connectivity index (χ1v) is 6.23. The molecule has 0 amide bonds. The van der Waals surface area contributed by atoms with E-state index in [1.807, 2.05) is 18.3 Å². The minimum absolute atomic E-state index is 0.196. The lowest BCUT2D eigenvalue weighted by Crippen LogP contribution is -2.25. The number of nitrogens with one attached hydrogen (secondary N) is 1. The Morgan fingerprint density at radius 2 is 2.41 bits per heavy atom. The molecule has 3 nitrogen and oxygen atoms in total. The third kappa shape index (κ3) is 2.17. The molecule has 1 aliphatic heterocycles. The summed E-state index contributed by atoms with van der Waals surface area (Å²) in [7, 11) is 0. The van der Waals surface area contributed by atoms with Crippen LogP contribution in [0.15, 0.2) is 35.5 Å². The largest absolute Gasteiger partial charge is 0.488 e. The number of thiol groups is 1. The summed E-state index contributed by atoms with van der Waals surface area (Å²) >= 11 is 4.44. The number of aromatic amines is 1. The molecule has 0 saturated carbocycles. The maximum atomic E-state index is 6.00. The van der Waals surface area contributed by atoms with Crippen LogP contribution in [0.25, 0.3) is 0 Å². The molecule has 3 rings (SSSR count). The van der Waals surface area contributed by atoms with Crippen LogP contribution < -0.4 is 4.74 Å². The van der Waals surface area contributed by atoms with Gasteiger partial charge in [-0.1, -0.05) is 12.1 Å². The molecule has 1 aromatic heterocycles. The monoisotopic (exact) mass is 246 g/mol. The highest BCUT2D eigenvalue weighted by Crippen LogP contribution is 2.33. The van der Waals surface area contributed by atoms with Crippen molar-refractivity contribution < 1.29 is 4.74 Å². The first-order chi connectivity index (χ1) is 8.33. The van der Waals surface area contributed by atoms with Gasteiger partial charge in [0.15, 0.2) is 0 Å². The fourth-order valence-corrected chi connectivity index (χ4v) is 2.50. The van der Waals surface area contributed by atoms with Crippen LogP contribution in [-0.4, -0.2) is 16.1 Å². The minimum atomic E-state index is 0.196. The third-order valence-electron chi connectivity index (χ3n) is 3.07. The number of imidazole rings is 1. The van der Waals surface area contributed by atoms with E-state index >= 15 is 0 Å². The molecule has 1 N–H and O–H groups in total. The second kappa shape index (κ2) is 4.45. The number of H-pyrrole nitrogens is 1. The number of benzene rings is 1. The van der Waals surface area contributed by atoms with E-state index in [0.29, 0.717) is 0 Å². The third-order valence-corrected chi connectivity index (χ3v) is 3.42. The molecule has 1 atom stereocenters. The van der Waals surface area contributed by atoms with E-state index in [4.69, 9.17) is 4.74 Å². The molecule has 2 aromatic rings. The molecule has 0 fully saturated rings. The average Bonchev–Trinajstić information content (AvgIpc) is 2.83. The molecule has 17 heavy (non-hydrogen) atoms. The summed E-state index contributed by atoms with van der Waals surface area (Å²) in [6, 6.07) is 6.10. The average molecular weight is 246 g/mol. The predicted molar refractivity (Wildman–Crippen MR) is 68.7 cm³/mol. The van der Waals surface area contributed by atoms with Gasteiger partial charge >= 0.3 is 0 Å². The first kappa shape index (κ1) is 10.7. The Hall–Kier alpha value is -1.42. The molecule has 1 aliphatic rings. The van der Waals surface area contributed by atoms with Crippen molar-refractivity contribution in [1.29, 1.82) is 0 Å². The lowest BCUT2D eigenvalue weighted by Gasteiger charge is -2.26. The Morgan fingerprint density at radius 1 is 1.47 bits per heavy atom. The highest BCUT2D eigenvalue weighted by Gasteiger charge is 2.22. The van der Waals surface area contributed by atoms with Crippen molar-refractivity contribution >= 4 is 12.6 Å². The van der Waals surface area contributed by atoms with Crippen LogP contribution in [0.1, 0.15) is 17.8 Å². The summed E-state index contributed by atoms with van der Waals surface area (Å²) in [5.74, 6) is 1.92. The molecule has 4 heteroatoms. The van der Waals surface area contributed by atoms with Crippen molar-refractivity contribution in [3.05, 3.63) is 42.0 Å². The van der Waals surface area contributed by atoms with Crippen molar-refractivity contribution in [2.75, 3.05) is 0 Å². The zero-order valence-electron chi connectivity index (χ0n) is 9.39. The van der Waals surface area contributed by atoms with E-state index in [9.17, 15) is 0 Å². The van der Waals surface area contributed by atoms with Gasteiger partial charge in [0.1, 0.15) is 17.7 Å².